The van der Waals surface area contributed by atoms with Crippen molar-refractivity contribution in [3.8, 4) is 0 Å². The van der Waals surface area contributed by atoms with Crippen LogP contribution < -0.4 is 11.1 Å². The Kier molecular flexibility index (Phi) is 6.28. The quantitative estimate of drug-likeness (QED) is 0.424. The molecule has 0 aliphatic carbocycles. The normalized spacial score (nSPS) is 11.3. The van der Waals surface area contributed by atoms with Crippen molar-refractivity contribution in [3.63, 3.8) is 0 Å². The Morgan fingerprint density at radius 1 is 1.10 bits per heavy atom. The largest absolute Gasteiger partial charge is 0.383 e. The fraction of sp³-hybridized carbons (Fsp3) is 0.150. The lowest BCUT2D eigenvalue weighted by Crippen LogP contribution is -2.21. The molecule has 0 fully saturated rings. The Labute approximate surface area is 178 Å². The minimum atomic E-state index is -3.89. The van der Waals surface area contributed by atoms with Gasteiger partial charge in [-0.15, -0.1) is 11.8 Å². The second-order valence-corrected chi connectivity index (χ2v) is 9.06. The van der Waals surface area contributed by atoms with E-state index in [1.165, 1.54) is 23.7 Å². The van der Waals surface area contributed by atoms with Gasteiger partial charge in [-0.2, -0.15) is 5.10 Å². The van der Waals surface area contributed by atoms with E-state index >= 15 is 0 Å². The molecule has 0 saturated carbocycles. The van der Waals surface area contributed by atoms with Gasteiger partial charge < -0.3 is 11.1 Å². The summed E-state index contributed by atoms with van der Waals surface area (Å²) in [4.78, 5) is 23.8. The number of aromatic nitrogens is 2. The highest BCUT2D eigenvalue weighted by Gasteiger charge is 2.29. The maximum Gasteiger partial charge on any atom is 0.246 e. The van der Waals surface area contributed by atoms with Crippen molar-refractivity contribution in [3.05, 3.63) is 60.2 Å². The van der Waals surface area contributed by atoms with Crippen LogP contribution in [0.4, 0.5) is 11.5 Å². The number of nitrogen functional groups attached to an aromatic ring is 1. The second-order valence-electron chi connectivity index (χ2n) is 6.38. The lowest BCUT2D eigenvalue weighted by molar-refractivity contribution is -0.116. The van der Waals surface area contributed by atoms with Gasteiger partial charge in [0.25, 0.3) is 0 Å². The predicted octanol–water partition coefficient (Wildman–Crippen LogP) is 2.86. The van der Waals surface area contributed by atoms with E-state index in [1.807, 2.05) is 0 Å². The molecule has 0 radical (unpaired) electrons. The van der Waals surface area contributed by atoms with Crippen LogP contribution in [0.5, 0.6) is 0 Å². The van der Waals surface area contributed by atoms with Gasteiger partial charge in [-0.1, -0.05) is 18.2 Å². The number of hydrogen-bond acceptors (Lipinski definition) is 7. The van der Waals surface area contributed by atoms with Gasteiger partial charge >= 0.3 is 0 Å². The molecule has 0 atom stereocenters. The average Bonchev–Trinajstić information content (AvgIpc) is 3.05. The molecule has 1 aromatic heterocycles. The minimum Gasteiger partial charge on any atom is -0.383 e. The number of benzene rings is 2. The number of anilines is 2. The molecule has 0 aliphatic heterocycles. The standard InChI is InChI=1S/C20H20N4O4S2/c1-13(25)14-8-10-15(11-9-14)22-17(26)12-24-19(21)18(20(23-24)29-2)30(27,28)16-6-4-3-5-7-16/h3-11H,12,21H2,1-2H3,(H,22,26). The van der Waals surface area contributed by atoms with E-state index < -0.39 is 15.7 Å². The number of sulfone groups is 1. The molecule has 0 spiro atoms. The second kappa shape index (κ2) is 8.72. The van der Waals surface area contributed by atoms with Gasteiger partial charge in [0.1, 0.15) is 22.3 Å². The van der Waals surface area contributed by atoms with Crippen LogP contribution in [0.25, 0.3) is 0 Å². The molecule has 3 aromatic rings. The fourth-order valence-corrected chi connectivity index (χ4v) is 5.24. The SMILES string of the molecule is CSc1nn(CC(=O)Nc2ccc(C(C)=O)cc2)c(N)c1S(=O)(=O)c1ccccc1. The zero-order valence-corrected chi connectivity index (χ0v) is 18.0. The summed E-state index contributed by atoms with van der Waals surface area (Å²) in [5.41, 5.74) is 7.12. The molecule has 0 bridgehead atoms. The Balaban J connectivity index is 1.85. The highest BCUT2D eigenvalue weighted by molar-refractivity contribution is 7.99. The molecule has 0 aliphatic rings. The van der Waals surface area contributed by atoms with Gasteiger partial charge in [0.05, 0.1) is 4.90 Å². The number of carbonyl (C=O) groups is 2. The first-order chi connectivity index (χ1) is 14.2. The van der Waals surface area contributed by atoms with Crippen LogP contribution in [0.2, 0.25) is 0 Å². The predicted molar refractivity (Wildman–Crippen MR) is 115 cm³/mol. The Morgan fingerprint density at radius 3 is 2.30 bits per heavy atom. The number of rotatable bonds is 7. The Hall–Kier alpha value is -3.11. The summed E-state index contributed by atoms with van der Waals surface area (Å²) in [7, 11) is -3.89. The summed E-state index contributed by atoms with van der Waals surface area (Å²) in [6.07, 6.45) is 1.69. The van der Waals surface area contributed by atoms with Crippen molar-refractivity contribution >= 4 is 44.8 Å². The van der Waals surface area contributed by atoms with Gasteiger partial charge in [0.2, 0.25) is 15.7 Å². The summed E-state index contributed by atoms with van der Waals surface area (Å²) in [6.45, 7) is 1.19. The maximum absolute atomic E-state index is 13.0. The number of amides is 1. The van der Waals surface area contributed by atoms with E-state index in [2.05, 4.69) is 10.4 Å². The summed E-state index contributed by atoms with van der Waals surface area (Å²) in [5, 5.41) is 7.10. The van der Waals surface area contributed by atoms with Crippen molar-refractivity contribution in [1.29, 1.82) is 0 Å². The number of nitrogens with two attached hydrogens (primary N) is 1. The first-order valence-electron chi connectivity index (χ1n) is 8.85. The molecule has 8 nitrogen and oxygen atoms in total. The molecule has 10 heteroatoms. The maximum atomic E-state index is 13.0. The summed E-state index contributed by atoms with van der Waals surface area (Å²) in [6, 6.07) is 14.4. The third-order valence-electron chi connectivity index (χ3n) is 4.30. The molecule has 3 N–H and O–H groups in total. The van der Waals surface area contributed by atoms with E-state index in [9.17, 15) is 18.0 Å². The Bertz CT molecular complexity index is 1190. The van der Waals surface area contributed by atoms with Crippen molar-refractivity contribution in [2.45, 2.75) is 28.3 Å². The third kappa shape index (κ3) is 4.39. The van der Waals surface area contributed by atoms with Gasteiger partial charge in [-0.3, -0.25) is 9.59 Å². The molecule has 3 rings (SSSR count). The molecular weight excluding hydrogens is 424 g/mol. The number of hydrogen-bond donors (Lipinski definition) is 2. The minimum absolute atomic E-state index is 0.0751. The van der Waals surface area contributed by atoms with Crippen LogP contribution in [0.1, 0.15) is 17.3 Å². The van der Waals surface area contributed by atoms with E-state index in [1.54, 1.807) is 48.7 Å². The molecule has 2 aromatic carbocycles. The number of nitrogens with zero attached hydrogens (tertiary/aromatic N) is 2. The lowest BCUT2D eigenvalue weighted by atomic mass is 10.1. The summed E-state index contributed by atoms with van der Waals surface area (Å²) >= 11 is 1.13. The number of thioether (sulfide) groups is 1. The van der Waals surface area contributed by atoms with Crippen LogP contribution >= 0.6 is 11.8 Å². The average molecular weight is 445 g/mol. The van der Waals surface area contributed by atoms with Crippen LogP contribution in [0.3, 0.4) is 0 Å². The zero-order chi connectivity index (χ0) is 21.9. The fourth-order valence-electron chi connectivity index (χ4n) is 2.78. The molecule has 0 unspecified atom stereocenters. The Morgan fingerprint density at radius 2 is 1.73 bits per heavy atom. The van der Waals surface area contributed by atoms with E-state index in [0.717, 1.165) is 11.8 Å². The monoisotopic (exact) mass is 444 g/mol. The lowest BCUT2D eigenvalue weighted by Gasteiger charge is -2.08. The van der Waals surface area contributed by atoms with Gasteiger partial charge in [0.15, 0.2) is 5.78 Å². The molecule has 1 amide bonds. The first kappa shape index (κ1) is 21.6. The topological polar surface area (TPSA) is 124 Å². The summed E-state index contributed by atoms with van der Waals surface area (Å²) in [5.74, 6) is -0.615. The van der Waals surface area contributed by atoms with E-state index in [4.69, 9.17) is 5.73 Å². The van der Waals surface area contributed by atoms with Crippen molar-refractivity contribution in [2.75, 3.05) is 17.3 Å². The van der Waals surface area contributed by atoms with Crippen LogP contribution in [0, 0.1) is 0 Å². The molecule has 156 valence electrons. The molecule has 1 heterocycles. The zero-order valence-electron chi connectivity index (χ0n) is 16.3. The number of nitrogens with one attached hydrogen (secondary N) is 1. The van der Waals surface area contributed by atoms with Crippen LogP contribution in [-0.2, 0) is 21.2 Å². The highest BCUT2D eigenvalue weighted by atomic mass is 32.2. The van der Waals surface area contributed by atoms with Gasteiger partial charge in [0, 0.05) is 11.3 Å². The molecule has 30 heavy (non-hydrogen) atoms. The van der Waals surface area contributed by atoms with Crippen LogP contribution in [-0.4, -0.2) is 36.1 Å². The highest BCUT2D eigenvalue weighted by Crippen LogP contribution is 2.33. The molecule has 0 saturated heterocycles. The number of carbonyl (C=O) groups excluding carboxylic acids is 2. The van der Waals surface area contributed by atoms with Gasteiger partial charge in [-0.05, 0) is 49.6 Å². The van der Waals surface area contributed by atoms with E-state index in [-0.39, 0.29) is 33.0 Å². The van der Waals surface area contributed by atoms with Crippen LogP contribution in [0.15, 0.2) is 69.4 Å². The number of Topliss-reactive ketones (excluding diaryl/α,β-unsaturated/α-hetero) is 1. The van der Waals surface area contributed by atoms with E-state index in [0.29, 0.717) is 11.3 Å². The summed E-state index contributed by atoms with van der Waals surface area (Å²) < 4.78 is 27.2. The van der Waals surface area contributed by atoms with Crippen molar-refractivity contribution < 1.29 is 18.0 Å². The van der Waals surface area contributed by atoms with Crippen molar-refractivity contribution in [1.82, 2.24) is 9.78 Å². The van der Waals surface area contributed by atoms with Crippen molar-refractivity contribution in [2.24, 2.45) is 0 Å². The third-order valence-corrected chi connectivity index (χ3v) is 6.94. The molecular formula is C20H20N4O4S2. The first-order valence-corrected chi connectivity index (χ1v) is 11.6. The smallest absolute Gasteiger partial charge is 0.246 e. The van der Waals surface area contributed by atoms with Gasteiger partial charge in [-0.25, -0.2) is 13.1 Å². The number of ketones is 1.